The monoisotopic (exact) mass is 417 g/mol. The molecule has 0 aliphatic carbocycles. The van der Waals surface area contributed by atoms with Crippen molar-refractivity contribution in [1.29, 1.82) is 0 Å². The minimum atomic E-state index is -2.19. The summed E-state index contributed by atoms with van der Waals surface area (Å²) in [4.78, 5) is 16.4. The van der Waals surface area contributed by atoms with E-state index in [4.69, 9.17) is 51.1 Å². The fraction of sp³-hybridized carbons (Fsp3) is 0.0588. The summed E-state index contributed by atoms with van der Waals surface area (Å²) in [6.45, 7) is 0. The number of pyridine rings is 1. The third-order valence-electron chi connectivity index (χ3n) is 3.32. The second-order valence-corrected chi connectivity index (χ2v) is 7.71. The highest BCUT2D eigenvalue weighted by molar-refractivity contribution is 6.77. The summed E-state index contributed by atoms with van der Waals surface area (Å²) >= 11 is 23.1. The summed E-state index contributed by atoms with van der Waals surface area (Å²) in [5, 5.41) is 0.613. The van der Waals surface area contributed by atoms with Crippen molar-refractivity contribution in [2.45, 2.75) is 3.79 Å². The Morgan fingerprint density at radius 1 is 1.12 bits per heavy atom. The number of alkyl halides is 3. The Morgan fingerprint density at radius 2 is 1.84 bits per heavy atom. The molecule has 3 rings (SSSR count). The summed E-state index contributed by atoms with van der Waals surface area (Å²) in [6.07, 6.45) is 1.33. The van der Waals surface area contributed by atoms with Gasteiger partial charge in [-0.05, 0) is 24.3 Å². The maximum atomic E-state index is 13.7. The van der Waals surface area contributed by atoms with Crippen LogP contribution in [0.4, 0.5) is 4.39 Å². The van der Waals surface area contributed by atoms with E-state index in [9.17, 15) is 9.18 Å². The topological polar surface area (TPSA) is 39.2 Å². The summed E-state index contributed by atoms with van der Waals surface area (Å²) in [6, 6.07) is 10.7. The van der Waals surface area contributed by atoms with Gasteiger partial charge in [0.25, 0.3) is 3.79 Å². The summed E-state index contributed by atoms with van der Waals surface area (Å²) in [5.74, 6) is -0.892. The Hall–Kier alpha value is -1.59. The molecule has 0 bridgehead atoms. The van der Waals surface area contributed by atoms with Gasteiger partial charge in [-0.25, -0.2) is 9.37 Å². The first-order valence-electron chi connectivity index (χ1n) is 6.89. The normalized spacial score (nSPS) is 11.6. The van der Waals surface area contributed by atoms with Gasteiger partial charge in [0.2, 0.25) is 5.78 Å². The Balaban J connectivity index is 2.04. The quantitative estimate of drug-likeness (QED) is 0.366. The molecule has 0 amide bonds. The molecule has 25 heavy (non-hydrogen) atoms. The molecule has 0 saturated carbocycles. The molecule has 0 saturated heterocycles. The van der Waals surface area contributed by atoms with E-state index in [0.29, 0.717) is 5.39 Å². The van der Waals surface area contributed by atoms with E-state index in [1.54, 1.807) is 24.3 Å². The van der Waals surface area contributed by atoms with Crippen molar-refractivity contribution in [1.82, 2.24) is 4.98 Å². The molecule has 0 fully saturated rings. The summed E-state index contributed by atoms with van der Waals surface area (Å²) in [7, 11) is 0. The number of carbonyl (C=O) groups excluding carboxylic acids is 1. The fourth-order valence-corrected chi connectivity index (χ4v) is 2.77. The number of nitrogens with zero attached hydrogens (tertiary/aromatic N) is 1. The van der Waals surface area contributed by atoms with Crippen molar-refractivity contribution < 1.29 is 13.9 Å². The van der Waals surface area contributed by atoms with Crippen LogP contribution in [0.15, 0.2) is 48.7 Å². The fourth-order valence-electron chi connectivity index (χ4n) is 2.24. The van der Waals surface area contributed by atoms with Crippen LogP contribution in [-0.2, 0) is 0 Å². The molecule has 0 spiro atoms. The molecule has 3 aromatic rings. The van der Waals surface area contributed by atoms with Gasteiger partial charge < -0.3 is 4.74 Å². The first-order chi connectivity index (χ1) is 11.8. The minimum absolute atomic E-state index is 0.0662. The number of para-hydroxylation sites is 1. The lowest BCUT2D eigenvalue weighted by Gasteiger charge is -2.15. The molecule has 8 heteroatoms. The average molecular weight is 419 g/mol. The van der Waals surface area contributed by atoms with Gasteiger partial charge in [0.15, 0.2) is 0 Å². The maximum Gasteiger partial charge on any atom is 0.253 e. The van der Waals surface area contributed by atoms with Crippen molar-refractivity contribution in [3.8, 4) is 11.5 Å². The zero-order valence-electron chi connectivity index (χ0n) is 12.3. The van der Waals surface area contributed by atoms with Gasteiger partial charge in [-0.3, -0.25) is 4.79 Å². The number of benzene rings is 2. The number of hydrogen-bond donors (Lipinski definition) is 0. The van der Waals surface area contributed by atoms with Gasteiger partial charge in [-0.1, -0.05) is 64.6 Å². The third-order valence-corrected chi connectivity index (χ3v) is 4.15. The van der Waals surface area contributed by atoms with Crippen LogP contribution in [0.3, 0.4) is 0 Å². The number of hydrogen-bond acceptors (Lipinski definition) is 3. The smallest absolute Gasteiger partial charge is 0.253 e. The summed E-state index contributed by atoms with van der Waals surface area (Å²) in [5.41, 5.74) is 0.141. The van der Waals surface area contributed by atoms with Crippen LogP contribution >= 0.6 is 46.4 Å². The van der Waals surface area contributed by atoms with Gasteiger partial charge >= 0.3 is 0 Å². The van der Waals surface area contributed by atoms with Crippen LogP contribution in [0.2, 0.25) is 5.02 Å². The molecule has 1 heterocycles. The number of carbonyl (C=O) groups is 1. The van der Waals surface area contributed by atoms with Crippen molar-refractivity contribution in [2.75, 3.05) is 0 Å². The molecule has 0 aliphatic heterocycles. The standard InChI is InChI=1S/C17H8Cl4FNO2/c18-11-4-2-6-13(14(11)16(24)17(19,20)21)25-10-7-9-3-1-5-12(22)15(9)23-8-10/h1-8H. The number of fused-ring (bicyclic) bond motifs is 1. The molecular weight excluding hydrogens is 411 g/mol. The van der Waals surface area contributed by atoms with E-state index >= 15 is 0 Å². The largest absolute Gasteiger partial charge is 0.455 e. The van der Waals surface area contributed by atoms with E-state index in [2.05, 4.69) is 4.98 Å². The molecule has 1 aromatic heterocycles. The maximum absolute atomic E-state index is 13.7. The number of ether oxygens (including phenoxy) is 1. The first-order valence-corrected chi connectivity index (χ1v) is 8.41. The molecular formula is C17H8Cl4FNO2. The van der Waals surface area contributed by atoms with Crippen molar-refractivity contribution in [3.05, 3.63) is 65.1 Å². The predicted octanol–water partition coefficient (Wildman–Crippen LogP) is 6.37. The van der Waals surface area contributed by atoms with Crippen LogP contribution in [0.5, 0.6) is 11.5 Å². The Morgan fingerprint density at radius 3 is 2.56 bits per heavy atom. The van der Waals surface area contributed by atoms with Crippen LogP contribution in [0.25, 0.3) is 10.9 Å². The van der Waals surface area contributed by atoms with E-state index < -0.39 is 15.4 Å². The number of halogens is 5. The van der Waals surface area contributed by atoms with E-state index in [1.165, 1.54) is 24.4 Å². The van der Waals surface area contributed by atoms with Crippen LogP contribution < -0.4 is 4.74 Å². The lowest BCUT2D eigenvalue weighted by Crippen LogP contribution is -2.20. The highest BCUT2D eigenvalue weighted by atomic mass is 35.6. The highest BCUT2D eigenvalue weighted by Gasteiger charge is 2.35. The Bertz CT molecular complexity index is 973. The van der Waals surface area contributed by atoms with Gasteiger partial charge in [-0.2, -0.15) is 0 Å². The van der Waals surface area contributed by atoms with Crippen LogP contribution in [0.1, 0.15) is 10.4 Å². The zero-order valence-corrected chi connectivity index (χ0v) is 15.3. The van der Waals surface area contributed by atoms with E-state index in [-0.39, 0.29) is 27.6 Å². The second-order valence-electron chi connectivity index (χ2n) is 5.02. The molecule has 128 valence electrons. The zero-order chi connectivity index (χ0) is 18.2. The van der Waals surface area contributed by atoms with Gasteiger partial charge in [0.05, 0.1) is 16.8 Å². The SMILES string of the molecule is O=C(c1c(Cl)cccc1Oc1cnc2c(F)cccc2c1)C(Cl)(Cl)Cl. The number of Topliss-reactive ketones (excluding diaryl/α,β-unsaturated/α-hetero) is 1. The summed E-state index contributed by atoms with van der Waals surface area (Å²) < 4.78 is 17.2. The number of aromatic nitrogens is 1. The second kappa shape index (κ2) is 6.96. The number of ketones is 1. The minimum Gasteiger partial charge on any atom is -0.455 e. The number of rotatable bonds is 3. The first kappa shape index (κ1) is 18.2. The Labute approximate surface area is 162 Å². The molecule has 0 N–H and O–H groups in total. The van der Waals surface area contributed by atoms with Crippen molar-refractivity contribution in [2.24, 2.45) is 0 Å². The van der Waals surface area contributed by atoms with Gasteiger partial charge in [0.1, 0.15) is 22.8 Å². The van der Waals surface area contributed by atoms with Crippen LogP contribution in [0, 0.1) is 5.82 Å². The van der Waals surface area contributed by atoms with Crippen LogP contribution in [-0.4, -0.2) is 14.6 Å². The Kier molecular flexibility index (Phi) is 5.07. The predicted molar refractivity (Wildman–Crippen MR) is 97.8 cm³/mol. The van der Waals surface area contributed by atoms with E-state index in [0.717, 1.165) is 0 Å². The molecule has 3 nitrogen and oxygen atoms in total. The molecule has 0 aliphatic rings. The van der Waals surface area contributed by atoms with Crippen molar-refractivity contribution in [3.63, 3.8) is 0 Å². The molecule has 0 radical (unpaired) electrons. The average Bonchev–Trinajstić information content (AvgIpc) is 2.54. The molecule has 0 unspecified atom stereocenters. The lowest BCUT2D eigenvalue weighted by molar-refractivity contribution is 0.0994. The molecule has 0 atom stereocenters. The highest BCUT2D eigenvalue weighted by Crippen LogP contribution is 2.38. The van der Waals surface area contributed by atoms with E-state index in [1.807, 2.05) is 0 Å². The lowest BCUT2D eigenvalue weighted by atomic mass is 10.1. The third kappa shape index (κ3) is 3.82. The van der Waals surface area contributed by atoms with Crippen molar-refractivity contribution >= 4 is 63.1 Å². The van der Waals surface area contributed by atoms with Gasteiger partial charge in [0, 0.05) is 5.39 Å². The van der Waals surface area contributed by atoms with Gasteiger partial charge in [-0.15, -0.1) is 0 Å². The molecule has 2 aromatic carbocycles.